The normalized spacial score (nSPS) is 9.58. The van der Waals surface area contributed by atoms with Gasteiger partial charge in [0.1, 0.15) is 0 Å². The number of hydrogen-bond acceptors (Lipinski definition) is 1. The van der Waals surface area contributed by atoms with E-state index in [9.17, 15) is 4.79 Å². The van der Waals surface area contributed by atoms with E-state index in [1.807, 2.05) is 58.0 Å². The molecule has 0 atom stereocenters. The molecule has 3 rings (SSSR count). The molecule has 0 saturated heterocycles. The summed E-state index contributed by atoms with van der Waals surface area (Å²) in [7, 11) is 0. The molecule has 0 aliphatic heterocycles. The summed E-state index contributed by atoms with van der Waals surface area (Å²) in [6.45, 7) is 13.5. The molecule has 26 heavy (non-hydrogen) atoms. The maximum absolute atomic E-state index is 12.4. The summed E-state index contributed by atoms with van der Waals surface area (Å²) in [5, 5.41) is 2.39. The Labute approximate surface area is 158 Å². The van der Waals surface area contributed by atoms with Gasteiger partial charge in [-0.3, -0.25) is 4.79 Å². The lowest BCUT2D eigenvalue weighted by Crippen LogP contribution is -2.04. The Morgan fingerprint density at radius 1 is 1.04 bits per heavy atom. The number of rotatable bonds is 4. The Morgan fingerprint density at radius 3 is 2.19 bits per heavy atom. The molecule has 0 unspecified atom stereocenters. The smallest absolute Gasteiger partial charge is 0.169 e. The first-order valence-corrected chi connectivity index (χ1v) is 9.33. The molecule has 2 heteroatoms. The number of allylic oxidation sites excluding steroid dienone is 1. The molecule has 3 aromatic rings. The van der Waals surface area contributed by atoms with Gasteiger partial charge in [-0.05, 0) is 42.7 Å². The molecular formula is C24H31NO. The zero-order valence-corrected chi connectivity index (χ0v) is 16.7. The summed E-state index contributed by atoms with van der Waals surface area (Å²) in [5.41, 5.74) is 3.85. The van der Waals surface area contributed by atoms with Crippen LogP contribution in [0.15, 0.2) is 61.2 Å². The molecule has 2 aromatic carbocycles. The van der Waals surface area contributed by atoms with Crippen LogP contribution in [-0.2, 0) is 6.42 Å². The summed E-state index contributed by atoms with van der Waals surface area (Å²) < 4.78 is 0. The van der Waals surface area contributed by atoms with Gasteiger partial charge in [0.2, 0.25) is 0 Å². The summed E-state index contributed by atoms with van der Waals surface area (Å²) in [4.78, 5) is 15.5. The van der Waals surface area contributed by atoms with Gasteiger partial charge in [0.15, 0.2) is 5.78 Å². The largest absolute Gasteiger partial charge is 0.362 e. The average molecular weight is 350 g/mol. The lowest BCUT2D eigenvalue weighted by Gasteiger charge is -2.03. The lowest BCUT2D eigenvalue weighted by molar-refractivity contribution is 0.0992. The first-order chi connectivity index (χ1) is 12.5. The van der Waals surface area contributed by atoms with Crippen molar-refractivity contribution < 1.29 is 4.79 Å². The molecule has 0 bridgehead atoms. The van der Waals surface area contributed by atoms with E-state index in [-0.39, 0.29) is 5.78 Å². The van der Waals surface area contributed by atoms with Crippen molar-refractivity contribution in [3.63, 3.8) is 0 Å². The second kappa shape index (κ2) is 11.1. The molecule has 1 heterocycles. The van der Waals surface area contributed by atoms with E-state index < -0.39 is 0 Å². The molecule has 0 aliphatic carbocycles. The first kappa shape index (κ1) is 21.4. The number of H-pyrrole nitrogens is 1. The van der Waals surface area contributed by atoms with Crippen LogP contribution in [0.1, 0.15) is 54.5 Å². The predicted octanol–water partition coefficient (Wildman–Crippen LogP) is 6.82. The number of carbonyl (C=O) groups is 1. The van der Waals surface area contributed by atoms with E-state index >= 15 is 0 Å². The number of fused-ring (bicyclic) bond motifs is 1. The van der Waals surface area contributed by atoms with Crippen LogP contribution in [0.2, 0.25) is 0 Å². The van der Waals surface area contributed by atoms with Crippen molar-refractivity contribution in [2.45, 2.75) is 47.5 Å². The fourth-order valence-electron chi connectivity index (χ4n) is 2.64. The molecule has 1 N–H and O–H groups in total. The second-order valence-electron chi connectivity index (χ2n) is 5.97. The van der Waals surface area contributed by atoms with Crippen LogP contribution >= 0.6 is 0 Å². The Balaban J connectivity index is 0.000000500. The number of aromatic nitrogens is 1. The SMILES string of the molecule is C=CCC.CC.Cc1cc(C(=O)Cc2ccc3ccccc3c2)c(C)[nH]1. The van der Waals surface area contributed by atoms with Crippen LogP contribution in [-0.4, -0.2) is 10.8 Å². The number of carbonyl (C=O) groups excluding carboxylic acids is 1. The number of aromatic amines is 1. The molecule has 0 spiro atoms. The van der Waals surface area contributed by atoms with Gasteiger partial charge in [-0.2, -0.15) is 0 Å². The lowest BCUT2D eigenvalue weighted by atomic mass is 10.0. The quantitative estimate of drug-likeness (QED) is 0.407. The van der Waals surface area contributed by atoms with Crippen molar-refractivity contribution in [2.24, 2.45) is 0 Å². The van der Waals surface area contributed by atoms with Gasteiger partial charge >= 0.3 is 0 Å². The summed E-state index contributed by atoms with van der Waals surface area (Å²) in [5.74, 6) is 0.169. The van der Waals surface area contributed by atoms with Crippen molar-refractivity contribution in [3.05, 3.63) is 83.7 Å². The topological polar surface area (TPSA) is 32.9 Å². The predicted molar refractivity (Wildman–Crippen MR) is 114 cm³/mol. The van der Waals surface area contributed by atoms with E-state index in [4.69, 9.17) is 0 Å². The van der Waals surface area contributed by atoms with Gasteiger partial charge in [0.25, 0.3) is 0 Å². The molecule has 1 aromatic heterocycles. The Kier molecular flexibility index (Phi) is 9.14. The zero-order valence-electron chi connectivity index (χ0n) is 16.7. The number of hydrogen-bond donors (Lipinski definition) is 1. The molecule has 0 radical (unpaired) electrons. The van der Waals surface area contributed by atoms with E-state index in [0.29, 0.717) is 6.42 Å². The zero-order chi connectivity index (χ0) is 19.5. The van der Waals surface area contributed by atoms with Crippen molar-refractivity contribution in [1.29, 1.82) is 0 Å². The highest BCUT2D eigenvalue weighted by Crippen LogP contribution is 2.18. The van der Waals surface area contributed by atoms with Crippen molar-refractivity contribution in [3.8, 4) is 0 Å². The summed E-state index contributed by atoms with van der Waals surface area (Å²) in [6.07, 6.45) is 3.41. The van der Waals surface area contributed by atoms with Crippen LogP contribution in [0.4, 0.5) is 0 Å². The number of benzene rings is 2. The van der Waals surface area contributed by atoms with Crippen LogP contribution in [0, 0.1) is 13.8 Å². The maximum atomic E-state index is 12.4. The van der Waals surface area contributed by atoms with Gasteiger partial charge in [-0.1, -0.05) is 69.3 Å². The highest BCUT2D eigenvalue weighted by Gasteiger charge is 2.12. The van der Waals surface area contributed by atoms with Gasteiger partial charge in [-0.15, -0.1) is 6.58 Å². The fraction of sp³-hybridized carbons (Fsp3) is 0.292. The monoisotopic (exact) mass is 349 g/mol. The minimum Gasteiger partial charge on any atom is -0.362 e. The van der Waals surface area contributed by atoms with Crippen LogP contribution in [0.25, 0.3) is 10.8 Å². The minimum absolute atomic E-state index is 0.169. The van der Waals surface area contributed by atoms with E-state index in [2.05, 4.69) is 42.8 Å². The van der Waals surface area contributed by atoms with Crippen LogP contribution < -0.4 is 0 Å². The number of ketones is 1. The third-order valence-corrected chi connectivity index (χ3v) is 3.92. The fourth-order valence-corrected chi connectivity index (χ4v) is 2.64. The standard InChI is InChI=1S/C18H17NO.C4H8.C2H6/c1-12-9-17(13(2)19-12)18(20)11-14-7-8-15-5-3-4-6-16(15)10-14;1-3-4-2;1-2/h3-10,19H,11H2,1-2H3;3H,1,4H2,2H3;1-2H3. The third kappa shape index (κ3) is 6.03. The van der Waals surface area contributed by atoms with Gasteiger partial charge < -0.3 is 4.98 Å². The van der Waals surface area contributed by atoms with E-state index in [1.165, 1.54) is 10.8 Å². The summed E-state index contributed by atoms with van der Waals surface area (Å²) >= 11 is 0. The van der Waals surface area contributed by atoms with Crippen molar-refractivity contribution >= 4 is 16.6 Å². The Hall–Kier alpha value is -2.61. The van der Waals surface area contributed by atoms with Gasteiger partial charge in [0, 0.05) is 23.4 Å². The molecule has 138 valence electrons. The molecule has 2 nitrogen and oxygen atoms in total. The number of Topliss-reactive ketones (excluding diaryl/α,β-unsaturated/α-hetero) is 1. The third-order valence-electron chi connectivity index (χ3n) is 3.92. The number of nitrogens with one attached hydrogen (secondary N) is 1. The second-order valence-corrected chi connectivity index (χ2v) is 5.97. The Morgan fingerprint density at radius 2 is 1.65 bits per heavy atom. The highest BCUT2D eigenvalue weighted by molar-refractivity contribution is 5.99. The van der Waals surface area contributed by atoms with E-state index in [0.717, 1.165) is 28.9 Å². The Bertz CT molecular complexity index is 842. The van der Waals surface area contributed by atoms with Crippen molar-refractivity contribution in [2.75, 3.05) is 0 Å². The van der Waals surface area contributed by atoms with Crippen LogP contribution in [0.3, 0.4) is 0 Å². The molecule has 0 aliphatic rings. The van der Waals surface area contributed by atoms with Gasteiger partial charge in [-0.25, -0.2) is 0 Å². The molecule has 0 saturated carbocycles. The van der Waals surface area contributed by atoms with Gasteiger partial charge in [0.05, 0.1) is 0 Å². The van der Waals surface area contributed by atoms with Crippen molar-refractivity contribution in [1.82, 2.24) is 4.98 Å². The number of aryl methyl sites for hydroxylation is 2. The summed E-state index contributed by atoms with van der Waals surface area (Å²) in [6, 6.07) is 16.4. The first-order valence-electron chi connectivity index (χ1n) is 9.33. The van der Waals surface area contributed by atoms with E-state index in [1.54, 1.807) is 0 Å². The highest BCUT2D eigenvalue weighted by atomic mass is 16.1. The maximum Gasteiger partial charge on any atom is 0.169 e. The van der Waals surface area contributed by atoms with Crippen LogP contribution in [0.5, 0.6) is 0 Å². The minimum atomic E-state index is 0.169. The average Bonchev–Trinajstić information content (AvgIpc) is 3.02. The molecule has 0 fully saturated rings. The molecular weight excluding hydrogens is 318 g/mol. The molecule has 0 amide bonds.